The Balaban J connectivity index is 2.05. The first-order valence-corrected chi connectivity index (χ1v) is 14.4. The van der Waals surface area contributed by atoms with Gasteiger partial charge in [0, 0.05) is 17.6 Å². The SMILES string of the molecule is CC[C@H](C)NC(=O)[C@@H](C)N(Cc1cccc(Cl)c1)C(=O)CN(c1ccccc1OC)S(=O)(=O)c1ccccc1. The highest BCUT2D eigenvalue weighted by atomic mass is 35.5. The summed E-state index contributed by atoms with van der Waals surface area (Å²) in [6.07, 6.45) is 0.720. The van der Waals surface area contributed by atoms with Crippen molar-refractivity contribution in [2.45, 2.75) is 50.7 Å². The van der Waals surface area contributed by atoms with E-state index in [0.29, 0.717) is 10.6 Å². The first kappa shape index (κ1) is 30.0. The number of amides is 2. The van der Waals surface area contributed by atoms with E-state index in [2.05, 4.69) is 5.32 Å². The molecular formula is C29H34ClN3O5S. The van der Waals surface area contributed by atoms with Crippen LogP contribution in [0, 0.1) is 0 Å². The van der Waals surface area contributed by atoms with E-state index in [1.54, 1.807) is 73.7 Å². The smallest absolute Gasteiger partial charge is 0.264 e. The molecule has 0 bridgehead atoms. The van der Waals surface area contributed by atoms with Crippen LogP contribution < -0.4 is 14.4 Å². The van der Waals surface area contributed by atoms with E-state index in [1.807, 2.05) is 13.8 Å². The molecule has 3 rings (SSSR count). The zero-order chi connectivity index (χ0) is 28.6. The fourth-order valence-electron chi connectivity index (χ4n) is 3.95. The fourth-order valence-corrected chi connectivity index (χ4v) is 5.61. The summed E-state index contributed by atoms with van der Waals surface area (Å²) in [5.74, 6) is -0.615. The summed E-state index contributed by atoms with van der Waals surface area (Å²) < 4.78 is 34.2. The number of nitrogens with zero attached hydrogens (tertiary/aromatic N) is 2. The Morgan fingerprint density at radius 1 is 0.974 bits per heavy atom. The molecular weight excluding hydrogens is 538 g/mol. The molecule has 0 radical (unpaired) electrons. The molecule has 3 aromatic rings. The third-order valence-electron chi connectivity index (χ3n) is 6.37. The molecule has 0 aliphatic rings. The number of carbonyl (C=O) groups excluding carboxylic acids is 2. The molecule has 0 aromatic heterocycles. The van der Waals surface area contributed by atoms with Gasteiger partial charge in [-0.2, -0.15) is 0 Å². The number of nitrogens with one attached hydrogen (secondary N) is 1. The van der Waals surface area contributed by atoms with Crippen LogP contribution in [0.4, 0.5) is 5.69 Å². The number of carbonyl (C=O) groups is 2. The van der Waals surface area contributed by atoms with E-state index in [4.69, 9.17) is 16.3 Å². The van der Waals surface area contributed by atoms with Gasteiger partial charge in [-0.05, 0) is 62.2 Å². The number of methoxy groups -OCH3 is 1. The van der Waals surface area contributed by atoms with Gasteiger partial charge in [0.2, 0.25) is 11.8 Å². The van der Waals surface area contributed by atoms with Gasteiger partial charge in [0.05, 0.1) is 17.7 Å². The maximum Gasteiger partial charge on any atom is 0.264 e. The van der Waals surface area contributed by atoms with Crippen LogP contribution in [-0.2, 0) is 26.2 Å². The summed E-state index contributed by atoms with van der Waals surface area (Å²) in [6.45, 7) is 4.95. The van der Waals surface area contributed by atoms with E-state index in [9.17, 15) is 18.0 Å². The van der Waals surface area contributed by atoms with Crippen molar-refractivity contribution >= 4 is 39.1 Å². The highest BCUT2D eigenvalue weighted by Gasteiger charge is 2.33. The van der Waals surface area contributed by atoms with Crippen LogP contribution in [0.5, 0.6) is 5.75 Å². The number of hydrogen-bond donors (Lipinski definition) is 1. The van der Waals surface area contributed by atoms with E-state index >= 15 is 0 Å². The third-order valence-corrected chi connectivity index (χ3v) is 8.38. The van der Waals surface area contributed by atoms with Crippen LogP contribution in [0.1, 0.15) is 32.8 Å². The molecule has 0 spiro atoms. The second-order valence-electron chi connectivity index (χ2n) is 9.14. The minimum absolute atomic E-state index is 0.0210. The number of para-hydroxylation sites is 2. The molecule has 0 saturated carbocycles. The summed E-state index contributed by atoms with van der Waals surface area (Å²) >= 11 is 6.18. The Kier molecular flexibility index (Phi) is 10.4. The zero-order valence-electron chi connectivity index (χ0n) is 22.5. The number of anilines is 1. The maximum atomic E-state index is 14.0. The molecule has 3 aromatic carbocycles. The minimum Gasteiger partial charge on any atom is -0.495 e. The van der Waals surface area contributed by atoms with Crippen molar-refractivity contribution in [3.05, 3.63) is 89.4 Å². The van der Waals surface area contributed by atoms with Crippen molar-refractivity contribution < 1.29 is 22.7 Å². The van der Waals surface area contributed by atoms with Crippen molar-refractivity contribution in [2.24, 2.45) is 0 Å². The lowest BCUT2D eigenvalue weighted by Gasteiger charge is -2.32. The highest BCUT2D eigenvalue weighted by Crippen LogP contribution is 2.32. The number of rotatable bonds is 12. The average Bonchev–Trinajstić information content (AvgIpc) is 2.94. The van der Waals surface area contributed by atoms with Crippen LogP contribution in [0.15, 0.2) is 83.8 Å². The molecule has 0 fully saturated rings. The van der Waals surface area contributed by atoms with Gasteiger partial charge in [-0.25, -0.2) is 8.42 Å². The van der Waals surface area contributed by atoms with Gasteiger partial charge >= 0.3 is 0 Å². The number of ether oxygens (including phenoxy) is 1. The molecule has 39 heavy (non-hydrogen) atoms. The van der Waals surface area contributed by atoms with Crippen molar-refractivity contribution in [3.8, 4) is 5.75 Å². The van der Waals surface area contributed by atoms with Gasteiger partial charge in [0.15, 0.2) is 0 Å². The van der Waals surface area contributed by atoms with Gasteiger partial charge in [-0.15, -0.1) is 0 Å². The van der Waals surface area contributed by atoms with Gasteiger partial charge in [-0.3, -0.25) is 13.9 Å². The predicted molar refractivity (Wildman–Crippen MR) is 153 cm³/mol. The lowest BCUT2D eigenvalue weighted by Crippen LogP contribution is -2.52. The van der Waals surface area contributed by atoms with Crippen molar-refractivity contribution in [1.29, 1.82) is 0 Å². The van der Waals surface area contributed by atoms with Crippen LogP contribution in [0.2, 0.25) is 5.02 Å². The van der Waals surface area contributed by atoms with Crippen LogP contribution >= 0.6 is 11.6 Å². The molecule has 2 amide bonds. The number of halogens is 1. The lowest BCUT2D eigenvalue weighted by atomic mass is 10.1. The first-order valence-electron chi connectivity index (χ1n) is 12.6. The Morgan fingerprint density at radius 2 is 1.64 bits per heavy atom. The molecule has 0 aliphatic carbocycles. The molecule has 1 N–H and O–H groups in total. The summed E-state index contributed by atoms with van der Waals surface area (Å²) in [5, 5.41) is 3.40. The molecule has 0 unspecified atom stereocenters. The normalized spacial score (nSPS) is 12.7. The van der Waals surface area contributed by atoms with Crippen molar-refractivity contribution in [3.63, 3.8) is 0 Å². The second kappa shape index (κ2) is 13.5. The minimum atomic E-state index is -4.18. The molecule has 8 nitrogen and oxygen atoms in total. The van der Waals surface area contributed by atoms with Crippen LogP contribution in [-0.4, -0.2) is 50.9 Å². The standard InChI is InChI=1S/C29H34ClN3O5S/c1-5-21(2)31-29(35)22(3)32(19-23-12-11-13-24(30)18-23)28(34)20-33(26-16-9-10-17-27(26)38-4)39(36,37)25-14-7-6-8-15-25/h6-18,21-22H,5,19-20H2,1-4H3,(H,31,35)/t21-,22+/m0/s1. The number of hydrogen-bond acceptors (Lipinski definition) is 5. The molecule has 10 heteroatoms. The van der Waals surface area contributed by atoms with E-state index < -0.39 is 28.5 Å². The Hall–Kier alpha value is -3.56. The second-order valence-corrected chi connectivity index (χ2v) is 11.4. The first-order chi connectivity index (χ1) is 18.6. The summed E-state index contributed by atoms with van der Waals surface area (Å²) in [4.78, 5) is 28.5. The van der Waals surface area contributed by atoms with Crippen LogP contribution in [0.3, 0.4) is 0 Å². The van der Waals surface area contributed by atoms with E-state index in [0.717, 1.165) is 10.7 Å². The van der Waals surface area contributed by atoms with Gasteiger partial charge in [0.25, 0.3) is 10.0 Å². The monoisotopic (exact) mass is 571 g/mol. The Morgan fingerprint density at radius 3 is 2.28 bits per heavy atom. The zero-order valence-corrected chi connectivity index (χ0v) is 24.1. The van der Waals surface area contributed by atoms with Gasteiger partial charge in [-0.1, -0.05) is 61.0 Å². The topological polar surface area (TPSA) is 96.0 Å². The lowest BCUT2D eigenvalue weighted by molar-refractivity contribution is -0.139. The summed E-state index contributed by atoms with van der Waals surface area (Å²) in [6, 6.07) is 20.4. The molecule has 0 aliphatic heterocycles. The molecule has 208 valence electrons. The van der Waals surface area contributed by atoms with Crippen molar-refractivity contribution in [1.82, 2.24) is 10.2 Å². The van der Waals surface area contributed by atoms with E-state index in [1.165, 1.54) is 24.1 Å². The molecule has 0 saturated heterocycles. The number of sulfonamides is 1. The molecule has 2 atom stereocenters. The summed E-state index contributed by atoms with van der Waals surface area (Å²) in [7, 11) is -2.75. The fraction of sp³-hybridized carbons (Fsp3) is 0.310. The average molecular weight is 572 g/mol. The predicted octanol–water partition coefficient (Wildman–Crippen LogP) is 4.88. The maximum absolute atomic E-state index is 14.0. The molecule has 0 heterocycles. The quantitative estimate of drug-likeness (QED) is 0.334. The van der Waals surface area contributed by atoms with Gasteiger partial charge < -0.3 is 15.0 Å². The largest absolute Gasteiger partial charge is 0.495 e. The van der Waals surface area contributed by atoms with E-state index in [-0.39, 0.29) is 34.8 Å². The Labute approximate surface area is 235 Å². The van der Waals surface area contributed by atoms with Gasteiger partial charge in [0.1, 0.15) is 18.3 Å². The van der Waals surface area contributed by atoms with Crippen molar-refractivity contribution in [2.75, 3.05) is 18.0 Å². The highest BCUT2D eigenvalue weighted by molar-refractivity contribution is 7.92. The van der Waals surface area contributed by atoms with Crippen LogP contribution in [0.25, 0.3) is 0 Å². The Bertz CT molecular complexity index is 1380. The third kappa shape index (κ3) is 7.52. The number of benzene rings is 3. The summed E-state index contributed by atoms with van der Waals surface area (Å²) in [5.41, 5.74) is 0.908.